The molecule has 7 nitrogen and oxygen atoms in total. The molecule has 1 atom stereocenters. The predicted octanol–water partition coefficient (Wildman–Crippen LogP) is 5.80. The molecule has 0 aliphatic carbocycles. The first kappa shape index (κ1) is 23.3. The van der Waals surface area contributed by atoms with Gasteiger partial charge in [0.1, 0.15) is 11.4 Å². The summed E-state index contributed by atoms with van der Waals surface area (Å²) in [5.74, 6) is 0.890. The Hall–Kier alpha value is -3.87. The second kappa shape index (κ2) is 9.17. The summed E-state index contributed by atoms with van der Waals surface area (Å²) in [6.07, 6.45) is 6.91. The number of carbonyl (C=O) groups excluding carboxylic acids is 1. The minimum Gasteiger partial charge on any atom is -0.489 e. The molecule has 1 amide bonds. The van der Waals surface area contributed by atoms with Gasteiger partial charge in [-0.1, -0.05) is 32.6 Å². The molecule has 0 radical (unpaired) electrons. The number of nitrogens with zero attached hydrogens (tertiary/aromatic N) is 3. The van der Waals surface area contributed by atoms with Crippen molar-refractivity contribution >= 4 is 22.6 Å². The summed E-state index contributed by atoms with van der Waals surface area (Å²) in [5, 5.41) is 8.26. The number of aromatic amines is 1. The standard InChI is InChI=1S/C27H31N5O2/c1-8-23(33)30-21-11-19(10-9-16(21)4)25-24-17(5)22(34-18(6)15(2)3)13-28-27(24)31-26(25)20-12-29-32(7)14-20/h8-15,18H,1H2,2-7H3,(H,28,31)(H,30,33)/t18-/m1/s1. The molecule has 7 heteroatoms. The average molecular weight is 458 g/mol. The van der Waals surface area contributed by atoms with E-state index in [4.69, 9.17) is 9.72 Å². The number of H-pyrrole nitrogens is 1. The van der Waals surface area contributed by atoms with Crippen LogP contribution in [0.25, 0.3) is 33.4 Å². The van der Waals surface area contributed by atoms with Gasteiger partial charge in [0.05, 0.1) is 24.2 Å². The number of nitrogens with one attached hydrogen (secondary N) is 2. The Morgan fingerprint density at radius 3 is 2.62 bits per heavy atom. The largest absolute Gasteiger partial charge is 0.489 e. The smallest absolute Gasteiger partial charge is 0.247 e. The number of hydrogen-bond acceptors (Lipinski definition) is 4. The van der Waals surface area contributed by atoms with Crippen molar-refractivity contribution < 1.29 is 9.53 Å². The van der Waals surface area contributed by atoms with Crippen molar-refractivity contribution in [2.75, 3.05) is 5.32 Å². The SMILES string of the molecule is C=CC(=O)Nc1cc(-c2c(-c3cnn(C)c3)[nH]c3ncc(O[C@H](C)C(C)C)c(C)c23)ccc1C. The van der Waals surface area contributed by atoms with Gasteiger partial charge < -0.3 is 15.0 Å². The first-order chi connectivity index (χ1) is 16.2. The third-order valence-corrected chi connectivity index (χ3v) is 6.25. The van der Waals surface area contributed by atoms with Gasteiger partial charge in [-0.05, 0) is 50.0 Å². The van der Waals surface area contributed by atoms with Crippen LogP contribution in [0.15, 0.2) is 49.4 Å². The molecule has 3 heterocycles. The fourth-order valence-corrected chi connectivity index (χ4v) is 3.90. The normalized spacial score (nSPS) is 12.2. The lowest BCUT2D eigenvalue weighted by atomic mass is 9.96. The van der Waals surface area contributed by atoms with Crippen molar-refractivity contribution in [3.05, 3.63) is 60.6 Å². The van der Waals surface area contributed by atoms with Crippen LogP contribution in [0, 0.1) is 19.8 Å². The monoisotopic (exact) mass is 457 g/mol. The number of pyridine rings is 1. The van der Waals surface area contributed by atoms with E-state index < -0.39 is 0 Å². The van der Waals surface area contributed by atoms with Crippen LogP contribution >= 0.6 is 0 Å². The summed E-state index contributed by atoms with van der Waals surface area (Å²) in [7, 11) is 1.89. The number of hydrogen-bond donors (Lipinski definition) is 2. The number of amides is 1. The summed E-state index contributed by atoms with van der Waals surface area (Å²) >= 11 is 0. The molecule has 4 aromatic rings. The maximum absolute atomic E-state index is 12.0. The summed E-state index contributed by atoms with van der Waals surface area (Å²) in [6, 6.07) is 6.05. The number of aryl methyl sites for hydroxylation is 3. The molecule has 34 heavy (non-hydrogen) atoms. The molecule has 0 bridgehead atoms. The molecule has 1 aromatic carbocycles. The number of rotatable bonds is 7. The van der Waals surface area contributed by atoms with E-state index in [-0.39, 0.29) is 12.0 Å². The average Bonchev–Trinajstić information content (AvgIpc) is 3.40. The van der Waals surface area contributed by atoms with E-state index in [9.17, 15) is 4.79 Å². The van der Waals surface area contributed by atoms with E-state index in [1.165, 1.54) is 6.08 Å². The lowest BCUT2D eigenvalue weighted by Gasteiger charge is -2.19. The maximum Gasteiger partial charge on any atom is 0.247 e. The lowest BCUT2D eigenvalue weighted by Crippen LogP contribution is -2.19. The van der Waals surface area contributed by atoms with Gasteiger partial charge >= 0.3 is 0 Å². The molecule has 0 spiro atoms. The van der Waals surface area contributed by atoms with Gasteiger partial charge in [0, 0.05) is 41.0 Å². The van der Waals surface area contributed by atoms with Crippen LogP contribution < -0.4 is 10.1 Å². The van der Waals surface area contributed by atoms with Crippen LogP contribution in [0.2, 0.25) is 0 Å². The topological polar surface area (TPSA) is 84.8 Å². The quantitative estimate of drug-likeness (QED) is 0.344. The fraction of sp³-hybridized carbons (Fsp3) is 0.296. The van der Waals surface area contributed by atoms with Gasteiger partial charge in [-0.2, -0.15) is 5.10 Å². The second-order valence-electron chi connectivity index (χ2n) is 9.04. The van der Waals surface area contributed by atoms with Gasteiger partial charge in [0.15, 0.2) is 0 Å². The molecule has 0 aliphatic rings. The number of aromatic nitrogens is 4. The van der Waals surface area contributed by atoms with Gasteiger partial charge in [-0.15, -0.1) is 0 Å². The summed E-state index contributed by atoms with van der Waals surface area (Å²) in [4.78, 5) is 20.2. The van der Waals surface area contributed by atoms with Crippen molar-refractivity contribution in [2.45, 2.75) is 40.7 Å². The number of fused-ring (bicyclic) bond motifs is 1. The van der Waals surface area contributed by atoms with Crippen LogP contribution in [0.5, 0.6) is 5.75 Å². The van der Waals surface area contributed by atoms with Crippen LogP contribution in [0.3, 0.4) is 0 Å². The Bertz CT molecular complexity index is 1380. The first-order valence-electron chi connectivity index (χ1n) is 11.4. The highest BCUT2D eigenvalue weighted by Crippen LogP contribution is 2.42. The van der Waals surface area contributed by atoms with Crippen molar-refractivity contribution in [1.82, 2.24) is 19.7 Å². The van der Waals surface area contributed by atoms with E-state index in [0.717, 1.165) is 56.0 Å². The number of carbonyl (C=O) groups is 1. The van der Waals surface area contributed by atoms with Crippen LogP contribution in [-0.4, -0.2) is 31.8 Å². The van der Waals surface area contributed by atoms with Crippen molar-refractivity contribution in [1.29, 1.82) is 0 Å². The molecule has 3 aromatic heterocycles. The van der Waals surface area contributed by atoms with Gasteiger partial charge in [-0.25, -0.2) is 4.98 Å². The molecule has 0 fully saturated rings. The van der Waals surface area contributed by atoms with E-state index in [2.05, 4.69) is 55.7 Å². The summed E-state index contributed by atoms with van der Waals surface area (Å²) in [6.45, 7) is 13.9. The maximum atomic E-state index is 12.0. The Labute approximate surface area is 199 Å². The van der Waals surface area contributed by atoms with Gasteiger partial charge in [0.25, 0.3) is 0 Å². The summed E-state index contributed by atoms with van der Waals surface area (Å²) in [5.41, 5.74) is 7.29. The van der Waals surface area contributed by atoms with E-state index in [0.29, 0.717) is 5.92 Å². The zero-order chi connectivity index (χ0) is 24.6. The summed E-state index contributed by atoms with van der Waals surface area (Å²) < 4.78 is 8.05. The minimum atomic E-state index is -0.247. The van der Waals surface area contributed by atoms with Crippen LogP contribution in [0.1, 0.15) is 31.9 Å². The van der Waals surface area contributed by atoms with Crippen molar-refractivity contribution in [3.8, 4) is 28.1 Å². The van der Waals surface area contributed by atoms with E-state index in [1.807, 2.05) is 38.5 Å². The van der Waals surface area contributed by atoms with Crippen molar-refractivity contribution in [2.24, 2.45) is 13.0 Å². The molecule has 0 unspecified atom stereocenters. The second-order valence-corrected chi connectivity index (χ2v) is 9.04. The number of ether oxygens (including phenoxy) is 1. The number of benzene rings is 1. The van der Waals surface area contributed by atoms with E-state index in [1.54, 1.807) is 10.9 Å². The van der Waals surface area contributed by atoms with Crippen LogP contribution in [0.4, 0.5) is 5.69 Å². The lowest BCUT2D eigenvalue weighted by molar-refractivity contribution is -0.111. The highest BCUT2D eigenvalue weighted by atomic mass is 16.5. The zero-order valence-electron chi connectivity index (χ0n) is 20.6. The fourth-order valence-electron chi connectivity index (χ4n) is 3.90. The zero-order valence-corrected chi connectivity index (χ0v) is 20.6. The Balaban J connectivity index is 1.97. The van der Waals surface area contributed by atoms with Crippen LogP contribution in [-0.2, 0) is 11.8 Å². The molecule has 0 aliphatic heterocycles. The number of anilines is 1. The van der Waals surface area contributed by atoms with Gasteiger partial charge in [-0.3, -0.25) is 9.48 Å². The molecular weight excluding hydrogens is 426 g/mol. The molecule has 4 rings (SSSR count). The Morgan fingerprint density at radius 2 is 1.97 bits per heavy atom. The molecule has 0 saturated carbocycles. The molecule has 176 valence electrons. The predicted molar refractivity (Wildman–Crippen MR) is 137 cm³/mol. The third kappa shape index (κ3) is 4.33. The van der Waals surface area contributed by atoms with E-state index >= 15 is 0 Å². The Morgan fingerprint density at radius 1 is 1.21 bits per heavy atom. The molecule has 0 saturated heterocycles. The first-order valence-corrected chi connectivity index (χ1v) is 11.4. The van der Waals surface area contributed by atoms with Crippen molar-refractivity contribution in [3.63, 3.8) is 0 Å². The minimum absolute atomic E-state index is 0.0539. The highest BCUT2D eigenvalue weighted by molar-refractivity contribution is 6.06. The van der Waals surface area contributed by atoms with Gasteiger partial charge in [0.2, 0.25) is 5.91 Å². The highest BCUT2D eigenvalue weighted by Gasteiger charge is 2.22. The Kier molecular flexibility index (Phi) is 6.28. The third-order valence-electron chi connectivity index (χ3n) is 6.25. The molecular formula is C27H31N5O2. The molecule has 2 N–H and O–H groups in total.